The van der Waals surface area contributed by atoms with Crippen LogP contribution < -0.4 is 4.72 Å². The van der Waals surface area contributed by atoms with E-state index in [9.17, 15) is 33.4 Å². The van der Waals surface area contributed by atoms with Crippen molar-refractivity contribution < 1.29 is 23.1 Å². The van der Waals surface area contributed by atoms with E-state index in [2.05, 4.69) is 4.72 Å². The normalized spacial score (nSPS) is 12.4. The lowest BCUT2D eigenvalue weighted by Crippen LogP contribution is -2.44. The highest BCUT2D eigenvalue weighted by atomic mass is 32.2. The Morgan fingerprint density at radius 3 is 1.85 bits per heavy atom. The van der Waals surface area contributed by atoms with E-state index >= 15 is 0 Å². The van der Waals surface area contributed by atoms with Gasteiger partial charge in [-0.25, -0.2) is 8.42 Å². The first kappa shape index (κ1) is 26.7. The van der Waals surface area contributed by atoms with Crippen molar-refractivity contribution in [3.8, 4) is 0 Å². The standard InChI is InChI=1S/C28H22N4O7S/c1-18-7-11-22(12-8-18)40(38,39)29-25(15-19-5-3-2-4-6-19)28(33)30-26-13-9-20(31(34)35)16-23(26)24-17-21(32(36)37)10-14-27(24)30/h2-14,16-17,25,29H,15H2,1H3. The molecule has 0 saturated carbocycles. The number of rotatable bonds is 8. The summed E-state index contributed by atoms with van der Waals surface area (Å²) in [5.74, 6) is -0.651. The van der Waals surface area contributed by atoms with Crippen molar-refractivity contribution in [3.05, 3.63) is 122 Å². The molecule has 0 bridgehead atoms. The Bertz CT molecular complexity index is 1830. The summed E-state index contributed by atoms with van der Waals surface area (Å²) in [5.41, 5.74) is 1.54. The fourth-order valence-electron chi connectivity index (χ4n) is 4.62. The minimum Gasteiger partial charge on any atom is -0.278 e. The van der Waals surface area contributed by atoms with Crippen LogP contribution >= 0.6 is 0 Å². The number of sulfonamides is 1. The molecule has 0 radical (unpaired) electrons. The molecule has 5 aromatic rings. The number of nitrogens with zero attached hydrogens (tertiary/aromatic N) is 3. The molecule has 0 spiro atoms. The predicted octanol–water partition coefficient (Wildman–Crippen LogP) is 5.15. The van der Waals surface area contributed by atoms with Gasteiger partial charge in [-0.2, -0.15) is 4.72 Å². The molecule has 0 aliphatic rings. The van der Waals surface area contributed by atoms with E-state index in [0.29, 0.717) is 5.56 Å². The topological polar surface area (TPSA) is 154 Å². The zero-order chi connectivity index (χ0) is 28.6. The second-order valence-corrected chi connectivity index (χ2v) is 11.0. The molecule has 0 aliphatic carbocycles. The van der Waals surface area contributed by atoms with Crippen LogP contribution in [0.2, 0.25) is 0 Å². The van der Waals surface area contributed by atoms with Gasteiger partial charge in [0, 0.05) is 35.0 Å². The molecule has 202 valence electrons. The molecule has 4 aromatic carbocycles. The van der Waals surface area contributed by atoms with E-state index in [1.165, 1.54) is 53.1 Å². The summed E-state index contributed by atoms with van der Waals surface area (Å²) in [5, 5.41) is 23.4. The zero-order valence-corrected chi connectivity index (χ0v) is 21.9. The third-order valence-corrected chi connectivity index (χ3v) is 8.07. The van der Waals surface area contributed by atoms with Gasteiger partial charge < -0.3 is 0 Å². The van der Waals surface area contributed by atoms with Crippen LogP contribution in [0.25, 0.3) is 21.8 Å². The van der Waals surface area contributed by atoms with Gasteiger partial charge in [0.1, 0.15) is 6.04 Å². The number of hydrogen-bond acceptors (Lipinski definition) is 7. The highest BCUT2D eigenvalue weighted by molar-refractivity contribution is 7.89. The number of nitrogens with one attached hydrogen (secondary N) is 1. The second-order valence-electron chi connectivity index (χ2n) is 9.27. The van der Waals surface area contributed by atoms with Crippen LogP contribution in [0.5, 0.6) is 0 Å². The summed E-state index contributed by atoms with van der Waals surface area (Å²) in [6, 6.07) is 21.5. The molecule has 1 aromatic heterocycles. The summed E-state index contributed by atoms with van der Waals surface area (Å²) < 4.78 is 30.5. The summed E-state index contributed by atoms with van der Waals surface area (Å²) in [6.45, 7) is 1.82. The van der Waals surface area contributed by atoms with Crippen molar-refractivity contribution in [1.82, 2.24) is 9.29 Å². The lowest BCUT2D eigenvalue weighted by Gasteiger charge is -2.20. The zero-order valence-electron chi connectivity index (χ0n) is 21.1. The largest absolute Gasteiger partial charge is 0.278 e. The molecule has 0 aliphatic heterocycles. The molecule has 12 heteroatoms. The first-order chi connectivity index (χ1) is 19.0. The number of non-ortho nitro benzene ring substituents is 2. The van der Waals surface area contributed by atoms with Crippen LogP contribution in [0.15, 0.2) is 95.9 Å². The Balaban J connectivity index is 1.69. The summed E-state index contributed by atoms with van der Waals surface area (Å²) in [4.78, 5) is 35.9. The number of benzene rings is 4. The van der Waals surface area contributed by atoms with Crippen LogP contribution in [0.3, 0.4) is 0 Å². The van der Waals surface area contributed by atoms with E-state index in [1.807, 2.05) is 6.92 Å². The average molecular weight is 559 g/mol. The van der Waals surface area contributed by atoms with Crippen molar-refractivity contribution in [1.29, 1.82) is 0 Å². The molecule has 1 heterocycles. The van der Waals surface area contributed by atoms with E-state index in [1.54, 1.807) is 42.5 Å². The summed E-state index contributed by atoms with van der Waals surface area (Å²) >= 11 is 0. The summed E-state index contributed by atoms with van der Waals surface area (Å²) in [7, 11) is -4.14. The Morgan fingerprint density at radius 1 is 0.825 bits per heavy atom. The quantitative estimate of drug-likeness (QED) is 0.204. The van der Waals surface area contributed by atoms with E-state index < -0.39 is 31.8 Å². The average Bonchev–Trinajstić information content (AvgIpc) is 3.26. The molecule has 1 unspecified atom stereocenters. The second kappa shape index (κ2) is 10.3. The van der Waals surface area contributed by atoms with Crippen LogP contribution in [0.4, 0.5) is 11.4 Å². The lowest BCUT2D eigenvalue weighted by atomic mass is 10.1. The molecule has 1 atom stereocenters. The van der Waals surface area contributed by atoms with Gasteiger partial charge in [0.25, 0.3) is 11.4 Å². The van der Waals surface area contributed by atoms with Gasteiger partial charge in [0.2, 0.25) is 15.9 Å². The molecular formula is C28H22N4O7S. The molecule has 0 fully saturated rings. The Kier molecular flexibility index (Phi) is 6.88. The monoisotopic (exact) mass is 558 g/mol. The fourth-order valence-corrected chi connectivity index (χ4v) is 5.81. The number of carbonyl (C=O) groups excluding carboxylic acids is 1. The van der Waals surface area contributed by atoms with Gasteiger partial charge in [0.15, 0.2) is 0 Å². The van der Waals surface area contributed by atoms with E-state index in [4.69, 9.17) is 0 Å². The Hall–Kier alpha value is -4.94. The Labute approximate surface area is 228 Å². The first-order valence-electron chi connectivity index (χ1n) is 12.1. The number of fused-ring (bicyclic) bond motifs is 3. The van der Waals surface area contributed by atoms with Crippen molar-refractivity contribution in [2.75, 3.05) is 0 Å². The highest BCUT2D eigenvalue weighted by Gasteiger charge is 2.30. The van der Waals surface area contributed by atoms with Crippen LogP contribution in [-0.2, 0) is 16.4 Å². The predicted molar refractivity (Wildman–Crippen MR) is 149 cm³/mol. The summed E-state index contributed by atoms with van der Waals surface area (Å²) in [6.07, 6.45) is 0.00585. The lowest BCUT2D eigenvalue weighted by molar-refractivity contribution is -0.385. The van der Waals surface area contributed by atoms with Crippen LogP contribution in [0.1, 0.15) is 15.9 Å². The molecule has 11 nitrogen and oxygen atoms in total. The molecule has 0 saturated heterocycles. The smallest absolute Gasteiger partial charge is 0.270 e. The molecule has 1 N–H and O–H groups in total. The van der Waals surface area contributed by atoms with Gasteiger partial charge in [0.05, 0.1) is 25.8 Å². The van der Waals surface area contributed by atoms with Gasteiger partial charge in [-0.05, 0) is 43.2 Å². The van der Waals surface area contributed by atoms with Crippen molar-refractivity contribution in [2.45, 2.75) is 24.3 Å². The molecule has 0 amide bonds. The van der Waals surface area contributed by atoms with Gasteiger partial charge in [-0.15, -0.1) is 0 Å². The SMILES string of the molecule is Cc1ccc(S(=O)(=O)NC(Cc2ccccc2)C(=O)n2c3ccc([N+](=O)[O-])cc3c3cc([N+](=O)[O-])ccc32)cc1. The maximum atomic E-state index is 14.2. The number of carbonyl (C=O) groups is 1. The van der Waals surface area contributed by atoms with Crippen LogP contribution in [-0.4, -0.2) is 34.8 Å². The highest BCUT2D eigenvalue weighted by Crippen LogP contribution is 2.34. The van der Waals surface area contributed by atoms with Crippen LogP contribution in [0, 0.1) is 27.2 Å². The van der Waals surface area contributed by atoms with Gasteiger partial charge in [-0.3, -0.25) is 29.6 Å². The molecular weight excluding hydrogens is 536 g/mol. The minimum atomic E-state index is -4.14. The number of nitro groups is 2. The third kappa shape index (κ3) is 5.05. The number of aryl methyl sites for hydroxylation is 1. The van der Waals surface area contributed by atoms with Crippen molar-refractivity contribution >= 4 is 49.1 Å². The number of hydrogen-bond donors (Lipinski definition) is 1. The third-order valence-electron chi connectivity index (χ3n) is 6.58. The van der Waals surface area contributed by atoms with E-state index in [-0.39, 0.29) is 44.5 Å². The minimum absolute atomic E-state index is 0.00585. The molecule has 40 heavy (non-hydrogen) atoms. The fraction of sp³-hybridized carbons (Fsp3) is 0.107. The maximum absolute atomic E-state index is 14.2. The first-order valence-corrected chi connectivity index (χ1v) is 13.6. The van der Waals surface area contributed by atoms with Gasteiger partial charge >= 0.3 is 0 Å². The van der Waals surface area contributed by atoms with Crippen molar-refractivity contribution in [2.24, 2.45) is 0 Å². The molecule has 5 rings (SSSR count). The Morgan fingerprint density at radius 2 is 1.35 bits per heavy atom. The number of aromatic nitrogens is 1. The van der Waals surface area contributed by atoms with E-state index in [0.717, 1.165) is 5.56 Å². The van der Waals surface area contributed by atoms with Crippen molar-refractivity contribution in [3.63, 3.8) is 0 Å². The number of nitro benzene ring substituents is 2. The maximum Gasteiger partial charge on any atom is 0.270 e. The van der Waals surface area contributed by atoms with Gasteiger partial charge in [-0.1, -0.05) is 48.0 Å².